The quantitative estimate of drug-likeness (QED) is 0.934. The summed E-state index contributed by atoms with van der Waals surface area (Å²) in [5.41, 5.74) is 1.02. The number of rotatable bonds is 4. The van der Waals surface area contributed by atoms with Crippen LogP contribution < -0.4 is 5.32 Å². The van der Waals surface area contributed by atoms with E-state index in [0.717, 1.165) is 5.56 Å². The minimum absolute atomic E-state index is 0.198. The molecule has 2 rings (SSSR count). The molecule has 2 aromatic rings. The highest BCUT2D eigenvalue weighted by molar-refractivity contribution is 6.29. The summed E-state index contributed by atoms with van der Waals surface area (Å²) >= 11 is 5.57. The first-order chi connectivity index (χ1) is 9.15. The van der Waals surface area contributed by atoms with E-state index in [4.69, 9.17) is 11.6 Å². The predicted molar refractivity (Wildman–Crippen MR) is 69.5 cm³/mol. The third kappa shape index (κ3) is 3.99. The maximum Gasteiger partial charge on any atom is 0.271 e. The lowest BCUT2D eigenvalue weighted by molar-refractivity contribution is 0.0949. The fourth-order valence-corrected chi connectivity index (χ4v) is 1.63. The van der Waals surface area contributed by atoms with Crippen LogP contribution >= 0.6 is 11.6 Å². The third-order valence-electron chi connectivity index (χ3n) is 2.44. The summed E-state index contributed by atoms with van der Waals surface area (Å²) < 4.78 is 12.9. The van der Waals surface area contributed by atoms with Gasteiger partial charge in [0.1, 0.15) is 16.7 Å². The van der Waals surface area contributed by atoms with Crippen molar-refractivity contribution in [1.29, 1.82) is 0 Å². The van der Waals surface area contributed by atoms with Crippen LogP contribution in [0.5, 0.6) is 0 Å². The molecule has 1 heterocycles. The minimum Gasteiger partial charge on any atom is -0.350 e. The van der Waals surface area contributed by atoms with Crippen molar-refractivity contribution in [3.8, 4) is 0 Å². The zero-order chi connectivity index (χ0) is 13.7. The largest absolute Gasteiger partial charge is 0.350 e. The van der Waals surface area contributed by atoms with Crippen molar-refractivity contribution in [3.63, 3.8) is 0 Å². The van der Waals surface area contributed by atoms with E-state index in [1.807, 2.05) is 0 Å². The average molecular weight is 280 g/mol. The molecule has 4 nitrogen and oxygen atoms in total. The molecule has 0 saturated carbocycles. The molecular weight excluding hydrogens is 269 g/mol. The number of amides is 1. The van der Waals surface area contributed by atoms with Crippen molar-refractivity contribution in [3.05, 3.63) is 58.9 Å². The van der Waals surface area contributed by atoms with Crippen molar-refractivity contribution in [2.45, 2.75) is 6.42 Å². The molecule has 0 spiro atoms. The summed E-state index contributed by atoms with van der Waals surface area (Å²) in [6, 6.07) is 6.26. The zero-order valence-electron chi connectivity index (χ0n) is 9.94. The standard InChI is InChI=1S/C13H11ClFN3O/c14-12-8-17-11(7-18-12)13(19)16-5-4-9-2-1-3-10(15)6-9/h1-3,6-8H,4-5H2,(H,16,19). The Morgan fingerprint density at radius 1 is 1.32 bits per heavy atom. The highest BCUT2D eigenvalue weighted by Crippen LogP contribution is 2.04. The van der Waals surface area contributed by atoms with Crippen LogP contribution in [0, 0.1) is 5.82 Å². The van der Waals surface area contributed by atoms with Crippen LogP contribution in [0.2, 0.25) is 5.15 Å². The number of halogens is 2. The first kappa shape index (κ1) is 13.4. The number of carbonyl (C=O) groups is 1. The highest BCUT2D eigenvalue weighted by atomic mass is 35.5. The van der Waals surface area contributed by atoms with Crippen LogP contribution in [0.15, 0.2) is 36.7 Å². The maximum atomic E-state index is 12.9. The lowest BCUT2D eigenvalue weighted by atomic mass is 10.1. The molecule has 0 atom stereocenters. The van der Waals surface area contributed by atoms with Gasteiger partial charge in [-0.15, -0.1) is 0 Å². The second-order valence-corrected chi connectivity index (χ2v) is 4.25. The van der Waals surface area contributed by atoms with Crippen LogP contribution in [-0.2, 0) is 6.42 Å². The number of nitrogens with one attached hydrogen (secondary N) is 1. The Labute approximate surface area is 114 Å². The lowest BCUT2D eigenvalue weighted by Gasteiger charge is -2.04. The molecule has 0 fully saturated rings. The Balaban J connectivity index is 1.86. The maximum absolute atomic E-state index is 12.9. The number of benzene rings is 1. The average Bonchev–Trinajstić information content (AvgIpc) is 2.39. The molecule has 0 unspecified atom stereocenters. The summed E-state index contributed by atoms with van der Waals surface area (Å²) in [4.78, 5) is 19.3. The molecule has 19 heavy (non-hydrogen) atoms. The Bertz CT molecular complexity index is 574. The smallest absolute Gasteiger partial charge is 0.271 e. The molecule has 1 aromatic heterocycles. The summed E-state index contributed by atoms with van der Waals surface area (Å²) in [6.45, 7) is 0.395. The number of hydrogen-bond acceptors (Lipinski definition) is 3. The molecular formula is C13H11ClFN3O. The molecule has 1 N–H and O–H groups in total. The van der Waals surface area contributed by atoms with Gasteiger partial charge in [-0.05, 0) is 24.1 Å². The fraction of sp³-hybridized carbons (Fsp3) is 0.154. The number of aromatic nitrogens is 2. The van der Waals surface area contributed by atoms with Crippen LogP contribution in [-0.4, -0.2) is 22.4 Å². The first-order valence-electron chi connectivity index (χ1n) is 5.65. The number of hydrogen-bond donors (Lipinski definition) is 1. The van der Waals surface area contributed by atoms with Crippen molar-refractivity contribution in [1.82, 2.24) is 15.3 Å². The van der Waals surface area contributed by atoms with Crippen molar-refractivity contribution >= 4 is 17.5 Å². The predicted octanol–water partition coefficient (Wildman–Crippen LogP) is 2.24. The summed E-state index contributed by atoms with van der Waals surface area (Å²) in [7, 11) is 0. The van der Waals surface area contributed by atoms with Gasteiger partial charge in [0.2, 0.25) is 0 Å². The van der Waals surface area contributed by atoms with E-state index < -0.39 is 0 Å². The van der Waals surface area contributed by atoms with Gasteiger partial charge in [-0.2, -0.15) is 0 Å². The van der Waals surface area contributed by atoms with Gasteiger partial charge in [0.05, 0.1) is 12.4 Å². The van der Waals surface area contributed by atoms with Crippen molar-refractivity contribution in [2.24, 2.45) is 0 Å². The van der Waals surface area contributed by atoms with Gasteiger partial charge >= 0.3 is 0 Å². The molecule has 0 saturated heterocycles. The molecule has 1 amide bonds. The number of carbonyl (C=O) groups excluding carboxylic acids is 1. The Kier molecular flexibility index (Phi) is 4.41. The highest BCUT2D eigenvalue weighted by Gasteiger charge is 2.06. The molecule has 6 heteroatoms. The number of nitrogens with zero attached hydrogens (tertiary/aromatic N) is 2. The molecule has 98 valence electrons. The molecule has 0 bridgehead atoms. The molecule has 0 aliphatic carbocycles. The van der Waals surface area contributed by atoms with E-state index in [9.17, 15) is 9.18 Å². The van der Waals surface area contributed by atoms with E-state index in [2.05, 4.69) is 15.3 Å². The molecule has 0 aliphatic heterocycles. The van der Waals surface area contributed by atoms with Gasteiger partial charge in [0.15, 0.2) is 0 Å². The lowest BCUT2D eigenvalue weighted by Crippen LogP contribution is -2.26. The zero-order valence-corrected chi connectivity index (χ0v) is 10.7. The topological polar surface area (TPSA) is 54.9 Å². The van der Waals surface area contributed by atoms with E-state index in [0.29, 0.717) is 13.0 Å². The first-order valence-corrected chi connectivity index (χ1v) is 6.03. The summed E-state index contributed by atoms with van der Waals surface area (Å²) in [6.07, 6.45) is 3.16. The second kappa shape index (κ2) is 6.24. The van der Waals surface area contributed by atoms with E-state index in [1.165, 1.54) is 24.5 Å². The van der Waals surface area contributed by atoms with Gasteiger partial charge in [-0.25, -0.2) is 14.4 Å². The molecule has 0 radical (unpaired) electrons. The van der Waals surface area contributed by atoms with Crippen LogP contribution in [0.25, 0.3) is 0 Å². The van der Waals surface area contributed by atoms with Crippen LogP contribution in [0.3, 0.4) is 0 Å². The van der Waals surface area contributed by atoms with Gasteiger partial charge in [0.25, 0.3) is 5.91 Å². The van der Waals surface area contributed by atoms with Crippen molar-refractivity contribution in [2.75, 3.05) is 6.54 Å². The Morgan fingerprint density at radius 2 is 2.16 bits per heavy atom. The Hall–Kier alpha value is -2.01. The fourth-order valence-electron chi connectivity index (χ4n) is 1.53. The van der Waals surface area contributed by atoms with E-state index in [-0.39, 0.29) is 22.6 Å². The van der Waals surface area contributed by atoms with Gasteiger partial charge in [-0.3, -0.25) is 4.79 Å². The second-order valence-electron chi connectivity index (χ2n) is 3.86. The molecule has 1 aromatic carbocycles. The SMILES string of the molecule is O=C(NCCc1cccc(F)c1)c1cnc(Cl)cn1. The van der Waals surface area contributed by atoms with Gasteiger partial charge < -0.3 is 5.32 Å². The Morgan fingerprint density at radius 3 is 2.84 bits per heavy atom. The van der Waals surface area contributed by atoms with E-state index in [1.54, 1.807) is 12.1 Å². The van der Waals surface area contributed by atoms with Crippen LogP contribution in [0.1, 0.15) is 16.1 Å². The third-order valence-corrected chi connectivity index (χ3v) is 2.64. The summed E-state index contributed by atoms with van der Waals surface area (Å²) in [5, 5.41) is 2.91. The monoisotopic (exact) mass is 279 g/mol. The minimum atomic E-state index is -0.333. The van der Waals surface area contributed by atoms with Crippen LogP contribution in [0.4, 0.5) is 4.39 Å². The van der Waals surface area contributed by atoms with Gasteiger partial charge in [0, 0.05) is 6.54 Å². The van der Waals surface area contributed by atoms with Gasteiger partial charge in [-0.1, -0.05) is 23.7 Å². The van der Waals surface area contributed by atoms with E-state index >= 15 is 0 Å². The normalized spacial score (nSPS) is 10.2. The molecule has 0 aliphatic rings. The summed E-state index contributed by atoms with van der Waals surface area (Å²) in [5.74, 6) is -0.618. The van der Waals surface area contributed by atoms with Crippen molar-refractivity contribution < 1.29 is 9.18 Å².